The smallest absolute Gasteiger partial charge is 0.248 e. The van der Waals surface area contributed by atoms with E-state index in [4.69, 9.17) is 0 Å². The summed E-state index contributed by atoms with van der Waals surface area (Å²) >= 11 is 1.58. The Balaban J connectivity index is 2.21. The zero-order chi connectivity index (χ0) is 14.9. The van der Waals surface area contributed by atoms with Crippen LogP contribution in [0.4, 0.5) is 0 Å². The third-order valence-corrected chi connectivity index (χ3v) is 4.65. The normalized spacial score (nSPS) is 23.6. The molecule has 0 saturated carbocycles. The lowest BCUT2D eigenvalue weighted by Crippen LogP contribution is -2.68. The van der Waals surface area contributed by atoms with Crippen molar-refractivity contribution in [3.8, 4) is 0 Å². The zero-order valence-electron chi connectivity index (χ0n) is 12.3. The molecule has 2 amide bonds. The van der Waals surface area contributed by atoms with Gasteiger partial charge < -0.3 is 10.2 Å². The fourth-order valence-corrected chi connectivity index (χ4v) is 3.24. The Kier molecular flexibility index (Phi) is 4.13. The van der Waals surface area contributed by atoms with E-state index in [0.29, 0.717) is 13.0 Å². The molecule has 2 rings (SSSR count). The number of nitrogens with one attached hydrogen (secondary N) is 1. The van der Waals surface area contributed by atoms with Gasteiger partial charge in [-0.05, 0) is 20.3 Å². The molecule has 0 aliphatic carbocycles. The highest BCUT2D eigenvalue weighted by molar-refractivity contribution is 7.09. The molecule has 1 N–H and O–H groups in total. The van der Waals surface area contributed by atoms with Gasteiger partial charge in [-0.2, -0.15) is 0 Å². The number of carbonyl (C=O) groups excluding carboxylic acids is 2. The second-order valence-electron chi connectivity index (χ2n) is 5.77. The van der Waals surface area contributed by atoms with E-state index in [2.05, 4.69) is 10.3 Å². The molecule has 110 valence electrons. The summed E-state index contributed by atoms with van der Waals surface area (Å²) in [6.07, 6.45) is 2.39. The SMILES string of the molecule is CCC1C(=O)NC(C)(C)C(=O)N1CC(C)c1nccs1. The van der Waals surface area contributed by atoms with Crippen LogP contribution >= 0.6 is 11.3 Å². The molecular formula is C14H21N3O2S. The number of thiazole rings is 1. The number of rotatable bonds is 4. The summed E-state index contributed by atoms with van der Waals surface area (Å²) in [5.74, 6) is 0.0468. The van der Waals surface area contributed by atoms with E-state index in [1.807, 2.05) is 19.2 Å². The van der Waals surface area contributed by atoms with E-state index in [1.54, 1.807) is 36.3 Å². The number of hydrogen-bond donors (Lipinski definition) is 1. The molecule has 0 bridgehead atoms. The maximum atomic E-state index is 12.6. The molecule has 1 fully saturated rings. The highest BCUT2D eigenvalue weighted by Crippen LogP contribution is 2.25. The third-order valence-electron chi connectivity index (χ3n) is 3.64. The van der Waals surface area contributed by atoms with Gasteiger partial charge in [0.15, 0.2) is 0 Å². The van der Waals surface area contributed by atoms with E-state index >= 15 is 0 Å². The Morgan fingerprint density at radius 2 is 2.20 bits per heavy atom. The van der Waals surface area contributed by atoms with Gasteiger partial charge >= 0.3 is 0 Å². The van der Waals surface area contributed by atoms with Gasteiger partial charge in [-0.1, -0.05) is 13.8 Å². The van der Waals surface area contributed by atoms with Crippen LogP contribution in [0.25, 0.3) is 0 Å². The molecule has 1 aromatic rings. The molecule has 2 heterocycles. The summed E-state index contributed by atoms with van der Waals surface area (Å²) in [5, 5.41) is 5.73. The maximum Gasteiger partial charge on any atom is 0.248 e. The molecule has 0 spiro atoms. The highest BCUT2D eigenvalue weighted by atomic mass is 32.1. The van der Waals surface area contributed by atoms with Crippen LogP contribution in [0.3, 0.4) is 0 Å². The number of nitrogens with zero attached hydrogens (tertiary/aromatic N) is 2. The van der Waals surface area contributed by atoms with E-state index in [0.717, 1.165) is 5.01 Å². The summed E-state index contributed by atoms with van der Waals surface area (Å²) < 4.78 is 0. The van der Waals surface area contributed by atoms with E-state index in [-0.39, 0.29) is 23.8 Å². The molecule has 2 atom stereocenters. The van der Waals surface area contributed by atoms with Crippen molar-refractivity contribution in [2.45, 2.75) is 51.6 Å². The standard InChI is InChI=1S/C14H21N3O2S/c1-5-10-11(18)16-14(3,4)13(19)17(10)8-9(2)12-15-6-7-20-12/h6-7,9-10H,5,8H2,1-4H3,(H,16,18). The fourth-order valence-electron chi connectivity index (χ4n) is 2.55. The van der Waals surface area contributed by atoms with Gasteiger partial charge in [0.05, 0.1) is 5.01 Å². The minimum absolute atomic E-state index is 0.0210. The van der Waals surface area contributed by atoms with Gasteiger partial charge in [0.2, 0.25) is 11.8 Å². The topological polar surface area (TPSA) is 62.3 Å². The molecule has 0 aromatic carbocycles. The summed E-state index contributed by atoms with van der Waals surface area (Å²) in [5.41, 5.74) is -0.828. The van der Waals surface area contributed by atoms with Gasteiger partial charge in [-0.25, -0.2) is 4.98 Å². The minimum atomic E-state index is -0.828. The van der Waals surface area contributed by atoms with Crippen LogP contribution in [0.1, 0.15) is 45.0 Å². The van der Waals surface area contributed by atoms with Crippen molar-refractivity contribution >= 4 is 23.2 Å². The van der Waals surface area contributed by atoms with Crippen LogP contribution in [-0.2, 0) is 9.59 Å². The largest absolute Gasteiger partial charge is 0.340 e. The van der Waals surface area contributed by atoms with Crippen LogP contribution in [0, 0.1) is 0 Å². The molecular weight excluding hydrogens is 274 g/mol. The summed E-state index contributed by atoms with van der Waals surface area (Å²) in [6, 6.07) is -0.377. The molecule has 0 radical (unpaired) electrons. The fraction of sp³-hybridized carbons (Fsp3) is 0.643. The molecule has 6 heteroatoms. The van der Waals surface area contributed by atoms with Gasteiger partial charge in [-0.15, -0.1) is 11.3 Å². The summed E-state index contributed by atoms with van der Waals surface area (Å²) in [4.78, 5) is 30.7. The first-order valence-electron chi connectivity index (χ1n) is 6.89. The van der Waals surface area contributed by atoms with Crippen LogP contribution in [0.2, 0.25) is 0 Å². The van der Waals surface area contributed by atoms with E-state index < -0.39 is 5.54 Å². The van der Waals surface area contributed by atoms with Crippen molar-refractivity contribution in [1.82, 2.24) is 15.2 Å². The van der Waals surface area contributed by atoms with Crippen molar-refractivity contribution in [1.29, 1.82) is 0 Å². The zero-order valence-corrected chi connectivity index (χ0v) is 13.2. The molecule has 20 heavy (non-hydrogen) atoms. The van der Waals surface area contributed by atoms with Crippen molar-refractivity contribution in [3.05, 3.63) is 16.6 Å². The molecule has 1 aliphatic heterocycles. The lowest BCUT2D eigenvalue weighted by Gasteiger charge is -2.43. The average molecular weight is 295 g/mol. The molecule has 1 aliphatic rings. The number of hydrogen-bond acceptors (Lipinski definition) is 4. The Bertz CT molecular complexity index is 499. The molecule has 5 nitrogen and oxygen atoms in total. The van der Waals surface area contributed by atoms with Crippen molar-refractivity contribution in [3.63, 3.8) is 0 Å². The van der Waals surface area contributed by atoms with Gasteiger partial charge in [0.25, 0.3) is 0 Å². The molecule has 1 aromatic heterocycles. The number of carbonyl (C=O) groups is 2. The number of aromatic nitrogens is 1. The minimum Gasteiger partial charge on any atom is -0.340 e. The predicted molar refractivity (Wildman–Crippen MR) is 78.5 cm³/mol. The lowest BCUT2D eigenvalue weighted by atomic mass is 9.94. The molecule has 1 saturated heterocycles. The third kappa shape index (κ3) is 2.70. The number of amides is 2. The average Bonchev–Trinajstić information content (AvgIpc) is 2.89. The Hall–Kier alpha value is -1.43. The summed E-state index contributed by atoms with van der Waals surface area (Å²) in [7, 11) is 0. The van der Waals surface area contributed by atoms with Gasteiger partial charge in [0, 0.05) is 24.0 Å². The van der Waals surface area contributed by atoms with Gasteiger partial charge in [0.1, 0.15) is 11.6 Å². The second kappa shape index (κ2) is 5.52. The Labute approximate surface area is 123 Å². The van der Waals surface area contributed by atoms with Crippen LogP contribution in [0.5, 0.6) is 0 Å². The second-order valence-corrected chi connectivity index (χ2v) is 6.69. The van der Waals surface area contributed by atoms with E-state index in [1.165, 1.54) is 0 Å². The van der Waals surface area contributed by atoms with Crippen LogP contribution < -0.4 is 5.32 Å². The van der Waals surface area contributed by atoms with E-state index in [9.17, 15) is 9.59 Å². The van der Waals surface area contributed by atoms with Crippen LogP contribution in [-0.4, -0.2) is 39.8 Å². The predicted octanol–water partition coefficient (Wildman–Crippen LogP) is 1.76. The first kappa shape index (κ1) is 15.0. The Morgan fingerprint density at radius 1 is 1.50 bits per heavy atom. The quantitative estimate of drug-likeness (QED) is 0.920. The first-order chi connectivity index (χ1) is 9.36. The Morgan fingerprint density at radius 3 is 2.75 bits per heavy atom. The number of piperazine rings is 1. The van der Waals surface area contributed by atoms with Crippen LogP contribution in [0.15, 0.2) is 11.6 Å². The van der Waals surface area contributed by atoms with Crippen molar-refractivity contribution in [2.75, 3.05) is 6.54 Å². The van der Waals surface area contributed by atoms with Crippen molar-refractivity contribution in [2.24, 2.45) is 0 Å². The lowest BCUT2D eigenvalue weighted by molar-refractivity contribution is -0.153. The maximum absolute atomic E-state index is 12.6. The summed E-state index contributed by atoms with van der Waals surface area (Å²) in [6.45, 7) is 8.00. The highest BCUT2D eigenvalue weighted by Gasteiger charge is 2.44. The van der Waals surface area contributed by atoms with Crippen molar-refractivity contribution < 1.29 is 9.59 Å². The monoisotopic (exact) mass is 295 g/mol. The van der Waals surface area contributed by atoms with Gasteiger partial charge in [-0.3, -0.25) is 9.59 Å². The first-order valence-corrected chi connectivity index (χ1v) is 7.77. The molecule has 2 unspecified atom stereocenters.